The third-order valence-corrected chi connectivity index (χ3v) is 5.33. The first-order valence-corrected chi connectivity index (χ1v) is 8.87. The molecule has 136 valence electrons. The first-order valence-electron chi connectivity index (χ1n) is 8.49. The summed E-state index contributed by atoms with van der Waals surface area (Å²) in [6.07, 6.45) is 7.66. The molecule has 0 saturated heterocycles. The average molecular weight is 369 g/mol. The molecule has 9 heteroatoms. The van der Waals surface area contributed by atoms with E-state index in [4.69, 9.17) is 16.3 Å². The van der Waals surface area contributed by atoms with Crippen molar-refractivity contribution < 1.29 is 14.5 Å². The second-order valence-corrected chi connectivity index (χ2v) is 7.13. The van der Waals surface area contributed by atoms with Crippen molar-refractivity contribution in [2.24, 2.45) is 5.41 Å². The molecule has 3 rings (SSSR count). The van der Waals surface area contributed by atoms with E-state index in [2.05, 4.69) is 9.97 Å². The SMILES string of the molecule is COC(=O)C1(CN(c2nc(Cl)ncc2[N+](=O)[O-])C2CCCCC2)CC1. The molecule has 0 radical (unpaired) electrons. The highest BCUT2D eigenvalue weighted by Gasteiger charge is 2.53. The predicted octanol–water partition coefficient (Wildman–Crippen LogP) is 3.13. The molecular formula is C16H21ClN4O4. The van der Waals surface area contributed by atoms with Crippen molar-refractivity contribution in [3.8, 4) is 0 Å². The van der Waals surface area contributed by atoms with E-state index in [0.717, 1.165) is 51.1 Å². The number of methoxy groups -OCH3 is 1. The number of hydrogen-bond donors (Lipinski definition) is 0. The summed E-state index contributed by atoms with van der Waals surface area (Å²) < 4.78 is 4.94. The van der Waals surface area contributed by atoms with Gasteiger partial charge in [-0.15, -0.1) is 0 Å². The standard InChI is InChI=1S/C16H21ClN4O4/c1-25-14(22)16(7-8-16)10-20(11-5-3-2-4-6-11)13-12(21(23)24)9-18-15(17)19-13/h9,11H,2-8,10H2,1H3. The molecule has 0 spiro atoms. The van der Waals surface area contributed by atoms with Gasteiger partial charge in [0.05, 0.1) is 17.4 Å². The molecular weight excluding hydrogens is 348 g/mol. The lowest BCUT2D eigenvalue weighted by molar-refractivity contribution is -0.384. The Morgan fingerprint density at radius 1 is 1.44 bits per heavy atom. The largest absolute Gasteiger partial charge is 0.469 e. The summed E-state index contributed by atoms with van der Waals surface area (Å²) in [5.41, 5.74) is -0.784. The fourth-order valence-electron chi connectivity index (χ4n) is 3.58. The summed E-state index contributed by atoms with van der Waals surface area (Å²) in [4.78, 5) is 32.9. The highest BCUT2D eigenvalue weighted by Crippen LogP contribution is 2.49. The second-order valence-electron chi connectivity index (χ2n) is 6.80. The Morgan fingerprint density at radius 2 is 2.12 bits per heavy atom. The summed E-state index contributed by atoms with van der Waals surface area (Å²) >= 11 is 5.92. The minimum Gasteiger partial charge on any atom is -0.469 e. The van der Waals surface area contributed by atoms with Gasteiger partial charge in [0, 0.05) is 12.6 Å². The molecule has 0 bridgehead atoms. The first kappa shape index (κ1) is 17.8. The van der Waals surface area contributed by atoms with Crippen LogP contribution in [0.5, 0.6) is 0 Å². The molecule has 0 amide bonds. The summed E-state index contributed by atoms with van der Waals surface area (Å²) in [6, 6.07) is 0.0977. The maximum atomic E-state index is 12.2. The third kappa shape index (κ3) is 3.68. The van der Waals surface area contributed by atoms with Gasteiger partial charge >= 0.3 is 11.7 Å². The number of esters is 1. The van der Waals surface area contributed by atoms with Crippen molar-refractivity contribution in [2.75, 3.05) is 18.6 Å². The van der Waals surface area contributed by atoms with Gasteiger partial charge in [-0.2, -0.15) is 4.98 Å². The number of halogens is 1. The normalized spacial score (nSPS) is 19.3. The van der Waals surface area contributed by atoms with E-state index in [0.29, 0.717) is 6.54 Å². The highest BCUT2D eigenvalue weighted by atomic mass is 35.5. The van der Waals surface area contributed by atoms with Gasteiger partial charge in [0.25, 0.3) is 0 Å². The number of nitrogens with zero attached hydrogens (tertiary/aromatic N) is 4. The molecule has 1 aromatic rings. The van der Waals surface area contributed by atoms with Crippen molar-refractivity contribution in [2.45, 2.75) is 51.0 Å². The summed E-state index contributed by atoms with van der Waals surface area (Å²) in [7, 11) is 1.37. The van der Waals surface area contributed by atoms with Crippen molar-refractivity contribution in [3.63, 3.8) is 0 Å². The average Bonchev–Trinajstić information content (AvgIpc) is 3.40. The van der Waals surface area contributed by atoms with Crippen LogP contribution in [0.2, 0.25) is 5.28 Å². The molecule has 0 aliphatic heterocycles. The number of aromatic nitrogens is 2. The molecule has 1 heterocycles. The van der Waals surface area contributed by atoms with Gasteiger partial charge < -0.3 is 9.64 Å². The van der Waals surface area contributed by atoms with E-state index in [1.165, 1.54) is 7.11 Å². The van der Waals surface area contributed by atoms with Crippen LogP contribution in [0.4, 0.5) is 11.5 Å². The number of carbonyl (C=O) groups excluding carboxylic acids is 1. The fraction of sp³-hybridized carbons (Fsp3) is 0.688. The summed E-state index contributed by atoms with van der Waals surface area (Å²) in [6.45, 7) is 0.360. The van der Waals surface area contributed by atoms with Gasteiger partial charge in [-0.05, 0) is 37.3 Å². The summed E-state index contributed by atoms with van der Waals surface area (Å²) in [5.74, 6) is -0.0665. The number of rotatable bonds is 6. The molecule has 0 unspecified atom stereocenters. The summed E-state index contributed by atoms with van der Waals surface area (Å²) in [5, 5.41) is 11.4. The number of carbonyl (C=O) groups is 1. The zero-order valence-corrected chi connectivity index (χ0v) is 14.9. The van der Waals surface area contributed by atoms with Crippen LogP contribution in [0, 0.1) is 15.5 Å². The minimum absolute atomic E-state index is 0.0377. The Morgan fingerprint density at radius 3 is 2.68 bits per heavy atom. The van der Waals surface area contributed by atoms with Crippen LogP contribution in [-0.4, -0.2) is 40.6 Å². The molecule has 0 atom stereocenters. The molecule has 25 heavy (non-hydrogen) atoms. The van der Waals surface area contributed by atoms with Crippen LogP contribution in [0.3, 0.4) is 0 Å². The molecule has 2 aliphatic rings. The Labute approximate surface area is 150 Å². The van der Waals surface area contributed by atoms with E-state index >= 15 is 0 Å². The zero-order chi connectivity index (χ0) is 18.0. The molecule has 1 aromatic heterocycles. The minimum atomic E-state index is -0.600. The van der Waals surface area contributed by atoms with Crippen LogP contribution in [0.15, 0.2) is 6.20 Å². The maximum absolute atomic E-state index is 12.2. The van der Waals surface area contributed by atoms with Crippen molar-refractivity contribution >= 4 is 29.1 Å². The van der Waals surface area contributed by atoms with Crippen LogP contribution >= 0.6 is 11.6 Å². The van der Waals surface area contributed by atoms with Gasteiger partial charge in [0.2, 0.25) is 11.1 Å². The van der Waals surface area contributed by atoms with E-state index in [9.17, 15) is 14.9 Å². The number of ether oxygens (including phenoxy) is 1. The van der Waals surface area contributed by atoms with Gasteiger partial charge in [-0.1, -0.05) is 19.3 Å². The maximum Gasteiger partial charge on any atom is 0.329 e. The van der Waals surface area contributed by atoms with E-state index in [1.807, 2.05) is 4.90 Å². The molecule has 0 N–H and O–H groups in total. The van der Waals surface area contributed by atoms with Crippen LogP contribution < -0.4 is 4.90 Å². The number of nitro groups is 1. The third-order valence-electron chi connectivity index (χ3n) is 5.15. The smallest absolute Gasteiger partial charge is 0.329 e. The van der Waals surface area contributed by atoms with Gasteiger partial charge in [-0.3, -0.25) is 14.9 Å². The van der Waals surface area contributed by atoms with Crippen LogP contribution in [0.25, 0.3) is 0 Å². The monoisotopic (exact) mass is 368 g/mol. The fourth-order valence-corrected chi connectivity index (χ4v) is 3.70. The van der Waals surface area contributed by atoms with Crippen LogP contribution in [-0.2, 0) is 9.53 Å². The lowest BCUT2D eigenvalue weighted by atomic mass is 9.92. The van der Waals surface area contributed by atoms with E-state index in [1.54, 1.807) is 0 Å². The topological polar surface area (TPSA) is 98.5 Å². The number of hydrogen-bond acceptors (Lipinski definition) is 7. The van der Waals surface area contributed by atoms with Crippen molar-refractivity contribution in [1.29, 1.82) is 0 Å². The van der Waals surface area contributed by atoms with Crippen LogP contribution in [0.1, 0.15) is 44.9 Å². The Hall–Kier alpha value is -1.96. The van der Waals surface area contributed by atoms with E-state index < -0.39 is 10.3 Å². The Balaban J connectivity index is 1.98. The van der Waals surface area contributed by atoms with Gasteiger partial charge in [-0.25, -0.2) is 4.98 Å². The van der Waals surface area contributed by atoms with E-state index in [-0.39, 0.29) is 28.8 Å². The molecule has 0 aromatic carbocycles. The Kier molecular flexibility index (Phi) is 5.08. The zero-order valence-electron chi connectivity index (χ0n) is 14.1. The molecule has 8 nitrogen and oxygen atoms in total. The second kappa shape index (κ2) is 7.11. The van der Waals surface area contributed by atoms with Crippen molar-refractivity contribution in [3.05, 3.63) is 21.6 Å². The van der Waals surface area contributed by atoms with Gasteiger partial charge in [0.15, 0.2) is 0 Å². The highest BCUT2D eigenvalue weighted by molar-refractivity contribution is 6.28. The van der Waals surface area contributed by atoms with Crippen molar-refractivity contribution in [1.82, 2.24) is 9.97 Å². The predicted molar refractivity (Wildman–Crippen MR) is 91.6 cm³/mol. The Bertz CT molecular complexity index is 674. The van der Waals surface area contributed by atoms with Gasteiger partial charge in [0.1, 0.15) is 6.20 Å². The molecule has 2 aliphatic carbocycles. The lowest BCUT2D eigenvalue weighted by Gasteiger charge is -2.36. The number of anilines is 1. The first-order chi connectivity index (χ1) is 12.0. The lowest BCUT2D eigenvalue weighted by Crippen LogP contribution is -2.44. The molecule has 2 fully saturated rings. The quantitative estimate of drug-likeness (QED) is 0.329. The molecule has 2 saturated carbocycles.